The Hall–Kier alpha value is -7.39. The summed E-state index contributed by atoms with van der Waals surface area (Å²) in [7, 11) is 0. The lowest BCUT2D eigenvalue weighted by Gasteiger charge is -2.33. The number of nitrogens with zero attached hydrogens (tertiary/aromatic N) is 6. The molecule has 290 valence electrons. The number of hydrazine groups is 1. The summed E-state index contributed by atoms with van der Waals surface area (Å²) in [6, 6.07) is 41.8. The number of para-hydroxylation sites is 2. The highest BCUT2D eigenvalue weighted by atomic mass is 16.7. The highest BCUT2D eigenvalue weighted by molar-refractivity contribution is 5.97. The Morgan fingerprint density at radius 1 is 0.719 bits per heavy atom. The molecule has 1 aromatic heterocycles. The number of carbonyl (C=O) groups is 2. The average Bonchev–Trinajstić information content (AvgIpc) is 3.47. The topological polar surface area (TPSA) is 206 Å². The maximum absolute atomic E-state index is 14.9. The van der Waals surface area contributed by atoms with Gasteiger partial charge < -0.3 is 16.4 Å². The molecule has 0 aliphatic heterocycles. The third kappa shape index (κ3) is 9.29. The Kier molecular flexibility index (Phi) is 12.6. The van der Waals surface area contributed by atoms with Crippen LogP contribution in [0.3, 0.4) is 0 Å². The second kappa shape index (κ2) is 18.3. The Balaban J connectivity index is 1.38. The lowest BCUT2D eigenvalue weighted by atomic mass is 9.89. The van der Waals surface area contributed by atoms with Gasteiger partial charge in [0.1, 0.15) is 6.04 Å². The van der Waals surface area contributed by atoms with E-state index in [-0.39, 0.29) is 26.1 Å². The largest absolute Gasteiger partial charge is 0.365 e. The van der Waals surface area contributed by atoms with Gasteiger partial charge in [-0.3, -0.25) is 9.59 Å². The van der Waals surface area contributed by atoms with Crippen LogP contribution in [0.15, 0.2) is 160 Å². The molecule has 0 unspecified atom stereocenters. The molecule has 5 aromatic carbocycles. The average molecular weight is 768 g/mol. The van der Waals surface area contributed by atoms with Crippen LogP contribution in [0.25, 0.3) is 11.4 Å². The van der Waals surface area contributed by atoms with Gasteiger partial charge in [0.15, 0.2) is 5.03 Å². The summed E-state index contributed by atoms with van der Waals surface area (Å²) in [5.41, 5.74) is 15.8. The number of guanidine groups is 1. The minimum Gasteiger partial charge on any atom is -0.365 e. The molecule has 15 heteroatoms. The van der Waals surface area contributed by atoms with E-state index in [1.54, 1.807) is 78.2 Å². The Morgan fingerprint density at radius 3 is 1.63 bits per heavy atom. The Morgan fingerprint density at radius 2 is 1.18 bits per heavy atom. The summed E-state index contributed by atoms with van der Waals surface area (Å²) < 4.78 is 3.82. The molecule has 0 spiro atoms. The van der Waals surface area contributed by atoms with Crippen molar-refractivity contribution in [2.45, 2.75) is 37.9 Å². The summed E-state index contributed by atoms with van der Waals surface area (Å²) in [5.74, 6) is -2.84. The number of hydrogen-bond donors (Lipinski definition) is 3. The van der Waals surface area contributed by atoms with Gasteiger partial charge in [0.2, 0.25) is 5.91 Å². The normalized spacial score (nSPS) is 11.9. The van der Waals surface area contributed by atoms with Crippen molar-refractivity contribution in [1.82, 2.24) is 24.3 Å². The van der Waals surface area contributed by atoms with Crippen molar-refractivity contribution >= 4 is 17.8 Å². The number of hydrogen-bond acceptors (Lipinski definition) is 7. The standard InChI is InChI=1S/C42H41N9O6/c43-27-13-22-36(38(52)45-40(44)46-51(56)57)47(39(53)37(32-14-5-1-6-15-32)33-16-7-2-8-17-33)28-30-23-25-31(26-24-30)29-48-41(54)49(34-18-9-3-10-19-34)50(42(48)55)35-20-11-4-12-21-35/h1-12,14-21,23-26,36-37H,13,22,27-29,43H2,(H3,44,45,46,52)/t36-/m0/s1. The Labute approximate surface area is 327 Å². The van der Waals surface area contributed by atoms with Crippen LogP contribution in [-0.2, 0) is 22.7 Å². The first-order chi connectivity index (χ1) is 27.7. The molecule has 1 heterocycles. The number of aliphatic imine (C=N–C) groups is 1. The van der Waals surface area contributed by atoms with Crippen LogP contribution in [0.2, 0.25) is 0 Å². The van der Waals surface area contributed by atoms with Crippen molar-refractivity contribution in [2.24, 2.45) is 16.5 Å². The van der Waals surface area contributed by atoms with Crippen LogP contribution >= 0.6 is 0 Å². The zero-order valence-corrected chi connectivity index (χ0v) is 30.8. The molecule has 57 heavy (non-hydrogen) atoms. The molecule has 0 fully saturated rings. The van der Waals surface area contributed by atoms with E-state index in [4.69, 9.17) is 11.5 Å². The minimum atomic E-state index is -1.20. The molecule has 15 nitrogen and oxygen atoms in total. The van der Waals surface area contributed by atoms with E-state index in [1.165, 1.54) is 14.3 Å². The minimum absolute atomic E-state index is 0.0492. The van der Waals surface area contributed by atoms with Gasteiger partial charge in [-0.1, -0.05) is 127 Å². The molecule has 0 saturated carbocycles. The van der Waals surface area contributed by atoms with Gasteiger partial charge >= 0.3 is 11.4 Å². The van der Waals surface area contributed by atoms with E-state index in [9.17, 15) is 29.3 Å². The molecule has 0 radical (unpaired) electrons. The molecule has 1 atom stereocenters. The molecular weight excluding hydrogens is 727 g/mol. The molecule has 6 rings (SSSR count). The summed E-state index contributed by atoms with van der Waals surface area (Å²) in [6.45, 7) is 0.0802. The lowest BCUT2D eigenvalue weighted by Crippen LogP contribution is -2.47. The molecule has 0 aliphatic rings. The third-order valence-corrected chi connectivity index (χ3v) is 9.32. The van der Waals surface area contributed by atoms with E-state index in [0.717, 1.165) is 4.57 Å². The van der Waals surface area contributed by atoms with Gasteiger partial charge in [0, 0.05) is 6.54 Å². The summed E-state index contributed by atoms with van der Waals surface area (Å²) in [4.78, 5) is 72.7. The van der Waals surface area contributed by atoms with Crippen LogP contribution in [0.5, 0.6) is 0 Å². The van der Waals surface area contributed by atoms with Crippen molar-refractivity contribution < 1.29 is 14.6 Å². The number of nitrogens with one attached hydrogen (secondary N) is 1. The van der Waals surface area contributed by atoms with Gasteiger partial charge in [-0.15, -0.1) is 0 Å². The number of benzene rings is 5. The van der Waals surface area contributed by atoms with Crippen molar-refractivity contribution in [3.63, 3.8) is 0 Å². The smallest absolute Gasteiger partial charge is 0.352 e. The maximum Gasteiger partial charge on any atom is 0.352 e. The number of nitro groups is 1. The third-order valence-electron chi connectivity index (χ3n) is 9.32. The van der Waals surface area contributed by atoms with E-state index >= 15 is 0 Å². The van der Waals surface area contributed by atoms with Gasteiger partial charge in [0.05, 0.1) is 23.8 Å². The monoisotopic (exact) mass is 767 g/mol. The fraction of sp³-hybridized carbons (Fsp3) is 0.167. The van der Waals surface area contributed by atoms with Gasteiger partial charge in [0.25, 0.3) is 11.9 Å². The first-order valence-electron chi connectivity index (χ1n) is 18.2. The summed E-state index contributed by atoms with van der Waals surface area (Å²) >= 11 is 0. The van der Waals surface area contributed by atoms with Crippen molar-refractivity contribution in [2.75, 3.05) is 6.54 Å². The fourth-order valence-corrected chi connectivity index (χ4v) is 6.65. The molecule has 0 bridgehead atoms. The SMILES string of the molecule is NCCC[C@@H](C(=O)N=C(N)N[N+](=O)[O-])N(Cc1ccc(Cn2c(=O)n(-c3ccccc3)n(-c3ccccc3)c2=O)cc1)C(=O)C(c1ccccc1)c1ccccc1. The van der Waals surface area contributed by atoms with E-state index in [2.05, 4.69) is 4.99 Å². The number of amides is 2. The predicted molar refractivity (Wildman–Crippen MR) is 215 cm³/mol. The lowest BCUT2D eigenvalue weighted by molar-refractivity contribution is -0.525. The van der Waals surface area contributed by atoms with Crippen LogP contribution in [0.4, 0.5) is 0 Å². The van der Waals surface area contributed by atoms with Crippen LogP contribution < -0.4 is 28.3 Å². The van der Waals surface area contributed by atoms with Crippen LogP contribution in [0.1, 0.15) is 41.0 Å². The summed E-state index contributed by atoms with van der Waals surface area (Å²) in [5, 5.41) is 10.1. The summed E-state index contributed by atoms with van der Waals surface area (Å²) in [6.07, 6.45) is 0.427. The zero-order valence-electron chi connectivity index (χ0n) is 30.8. The first kappa shape index (κ1) is 39.3. The second-order valence-corrected chi connectivity index (χ2v) is 13.1. The number of aromatic nitrogens is 3. The fourth-order valence-electron chi connectivity index (χ4n) is 6.65. The molecule has 0 saturated heterocycles. The molecule has 2 amide bonds. The quantitative estimate of drug-likeness (QED) is 0.0602. The molecule has 5 N–H and O–H groups in total. The maximum atomic E-state index is 14.9. The van der Waals surface area contributed by atoms with Crippen molar-refractivity contribution in [3.05, 3.63) is 199 Å². The highest BCUT2D eigenvalue weighted by Gasteiger charge is 2.35. The van der Waals surface area contributed by atoms with E-state index in [0.29, 0.717) is 40.0 Å². The van der Waals surface area contributed by atoms with Crippen LogP contribution in [0, 0.1) is 10.1 Å². The second-order valence-electron chi connectivity index (χ2n) is 13.1. The first-order valence-corrected chi connectivity index (χ1v) is 18.2. The molecular formula is C42H41N9O6. The highest BCUT2D eigenvalue weighted by Crippen LogP contribution is 2.30. The number of nitrogens with two attached hydrogens (primary N) is 2. The van der Waals surface area contributed by atoms with Gasteiger partial charge in [-0.2, -0.15) is 14.4 Å². The van der Waals surface area contributed by atoms with Crippen molar-refractivity contribution in [3.8, 4) is 11.4 Å². The van der Waals surface area contributed by atoms with E-state index < -0.39 is 46.1 Å². The van der Waals surface area contributed by atoms with Crippen molar-refractivity contribution in [1.29, 1.82) is 0 Å². The van der Waals surface area contributed by atoms with Gasteiger partial charge in [-0.05, 0) is 65.9 Å². The molecule has 0 aliphatic carbocycles. The number of carbonyl (C=O) groups excluding carboxylic acids is 2. The zero-order chi connectivity index (χ0) is 40.3. The predicted octanol–water partition coefficient (Wildman–Crippen LogP) is 3.73. The number of rotatable bonds is 15. The van der Waals surface area contributed by atoms with Gasteiger partial charge in [-0.25, -0.2) is 24.3 Å². The molecule has 6 aromatic rings. The van der Waals surface area contributed by atoms with E-state index in [1.807, 2.05) is 72.8 Å². The Bertz CT molecular complexity index is 2340. The van der Waals surface area contributed by atoms with Crippen LogP contribution in [-0.4, -0.2) is 54.2 Å².